The molecule has 2 rings (SSSR count). The van der Waals surface area contributed by atoms with E-state index in [1.54, 1.807) is 24.3 Å². The van der Waals surface area contributed by atoms with Crippen LogP contribution in [0.15, 0.2) is 24.3 Å². The first-order valence-electron chi connectivity index (χ1n) is 8.88. The van der Waals surface area contributed by atoms with Crippen molar-refractivity contribution in [2.24, 2.45) is 0 Å². The topological polar surface area (TPSA) is 65.0 Å². The Hall–Kier alpha value is -1.43. The minimum absolute atomic E-state index is 0.0183. The molecule has 0 atom stereocenters. The molecule has 1 saturated heterocycles. The molecule has 0 spiro atoms. The van der Waals surface area contributed by atoms with Crippen LogP contribution in [-0.2, 0) is 14.2 Å². The molecule has 0 radical (unpaired) electrons. The molecule has 1 fully saturated rings. The van der Waals surface area contributed by atoms with Gasteiger partial charge in [-0.25, -0.2) is 4.79 Å². The molecule has 0 aromatic heterocycles. The van der Waals surface area contributed by atoms with Crippen LogP contribution in [0.25, 0.3) is 0 Å². The number of aromatic carboxylic acids is 1. The van der Waals surface area contributed by atoms with Gasteiger partial charge in [0.15, 0.2) is 6.29 Å². The largest absolute Gasteiger partial charge is 0.478 e. The van der Waals surface area contributed by atoms with Crippen molar-refractivity contribution in [2.45, 2.75) is 57.8 Å². The lowest BCUT2D eigenvalue weighted by Gasteiger charge is -2.29. The number of hydrogen-bond donors (Lipinski definition) is 1. The zero-order chi connectivity index (χ0) is 17.2. The SMILES string of the molecule is CCCCCCCCOC1COC(c2ccc(C(=O)O)cc2)OC1. The lowest BCUT2D eigenvalue weighted by molar-refractivity contribution is -0.230. The summed E-state index contributed by atoms with van der Waals surface area (Å²) in [4.78, 5) is 10.9. The van der Waals surface area contributed by atoms with E-state index in [1.807, 2.05) is 0 Å². The Bertz CT molecular complexity index is 477. The fraction of sp³-hybridized carbons (Fsp3) is 0.632. The number of unbranched alkanes of at least 4 members (excludes halogenated alkanes) is 5. The number of benzene rings is 1. The molecular weight excluding hydrogens is 308 g/mol. The smallest absolute Gasteiger partial charge is 0.335 e. The van der Waals surface area contributed by atoms with Crippen LogP contribution in [0.1, 0.15) is 67.7 Å². The Balaban J connectivity index is 1.62. The zero-order valence-electron chi connectivity index (χ0n) is 14.4. The normalized spacial score (nSPS) is 20.9. The molecule has 1 aliphatic heterocycles. The summed E-state index contributed by atoms with van der Waals surface area (Å²) in [6.45, 7) is 3.98. The molecule has 1 heterocycles. The Labute approximate surface area is 143 Å². The second kappa shape index (κ2) is 10.4. The molecule has 24 heavy (non-hydrogen) atoms. The van der Waals surface area contributed by atoms with Gasteiger partial charge in [0.05, 0.1) is 18.8 Å². The van der Waals surface area contributed by atoms with E-state index in [9.17, 15) is 4.79 Å². The van der Waals surface area contributed by atoms with Crippen LogP contribution in [0.2, 0.25) is 0 Å². The average molecular weight is 336 g/mol. The summed E-state index contributed by atoms with van der Waals surface area (Å²) < 4.78 is 17.2. The van der Waals surface area contributed by atoms with Crippen LogP contribution < -0.4 is 0 Å². The molecule has 1 aromatic carbocycles. The third kappa shape index (κ3) is 6.23. The lowest BCUT2D eigenvalue weighted by Crippen LogP contribution is -2.33. The van der Waals surface area contributed by atoms with E-state index in [2.05, 4.69) is 6.92 Å². The highest BCUT2D eigenvalue weighted by Crippen LogP contribution is 2.24. The number of ether oxygens (including phenoxy) is 3. The Morgan fingerprint density at radius 1 is 1.08 bits per heavy atom. The van der Waals surface area contributed by atoms with Gasteiger partial charge in [-0.15, -0.1) is 0 Å². The second-order valence-corrected chi connectivity index (χ2v) is 6.19. The van der Waals surface area contributed by atoms with Crippen molar-refractivity contribution in [3.8, 4) is 0 Å². The second-order valence-electron chi connectivity index (χ2n) is 6.19. The van der Waals surface area contributed by atoms with Gasteiger partial charge >= 0.3 is 5.97 Å². The Kier molecular flexibility index (Phi) is 8.22. The molecule has 134 valence electrons. The first-order valence-corrected chi connectivity index (χ1v) is 8.88. The van der Waals surface area contributed by atoms with Crippen molar-refractivity contribution in [2.75, 3.05) is 19.8 Å². The maximum atomic E-state index is 10.9. The summed E-state index contributed by atoms with van der Waals surface area (Å²) in [5, 5.41) is 8.90. The van der Waals surface area contributed by atoms with Crippen LogP contribution >= 0.6 is 0 Å². The van der Waals surface area contributed by atoms with Crippen molar-refractivity contribution in [1.82, 2.24) is 0 Å². The van der Waals surface area contributed by atoms with E-state index in [4.69, 9.17) is 19.3 Å². The van der Waals surface area contributed by atoms with Crippen molar-refractivity contribution in [1.29, 1.82) is 0 Å². The third-order valence-corrected chi connectivity index (χ3v) is 4.15. The standard InChI is InChI=1S/C19H28O5/c1-2-3-4-5-6-7-12-22-17-13-23-19(24-14-17)16-10-8-15(9-11-16)18(20)21/h8-11,17,19H,2-7,12-14H2,1H3,(H,20,21). The number of carboxylic acid groups (broad SMARTS) is 1. The Morgan fingerprint density at radius 3 is 2.33 bits per heavy atom. The van der Waals surface area contributed by atoms with E-state index in [1.165, 1.54) is 32.1 Å². The highest BCUT2D eigenvalue weighted by atomic mass is 16.7. The summed E-state index contributed by atoms with van der Waals surface area (Å²) in [5.41, 5.74) is 1.09. The van der Waals surface area contributed by atoms with E-state index >= 15 is 0 Å². The lowest BCUT2D eigenvalue weighted by atomic mass is 10.1. The molecule has 1 aliphatic rings. The van der Waals surface area contributed by atoms with E-state index in [-0.39, 0.29) is 11.7 Å². The van der Waals surface area contributed by atoms with Gasteiger partial charge in [0.1, 0.15) is 6.10 Å². The monoisotopic (exact) mass is 336 g/mol. The fourth-order valence-electron chi connectivity index (χ4n) is 2.69. The van der Waals surface area contributed by atoms with Gasteiger partial charge in [-0.2, -0.15) is 0 Å². The van der Waals surface area contributed by atoms with Crippen molar-refractivity contribution < 1.29 is 24.1 Å². The van der Waals surface area contributed by atoms with Gasteiger partial charge in [-0.3, -0.25) is 0 Å². The maximum Gasteiger partial charge on any atom is 0.335 e. The number of carboxylic acids is 1. The van der Waals surface area contributed by atoms with E-state index < -0.39 is 12.3 Å². The van der Waals surface area contributed by atoms with Gasteiger partial charge in [-0.05, 0) is 18.6 Å². The highest BCUT2D eigenvalue weighted by Gasteiger charge is 2.24. The summed E-state index contributed by atoms with van der Waals surface area (Å²) in [7, 11) is 0. The van der Waals surface area contributed by atoms with E-state index in [0.29, 0.717) is 13.2 Å². The van der Waals surface area contributed by atoms with Crippen molar-refractivity contribution >= 4 is 5.97 Å². The van der Waals surface area contributed by atoms with Gasteiger partial charge < -0.3 is 19.3 Å². The van der Waals surface area contributed by atoms with Crippen LogP contribution in [0, 0.1) is 0 Å². The third-order valence-electron chi connectivity index (χ3n) is 4.15. The summed E-state index contributed by atoms with van der Waals surface area (Å²) in [6, 6.07) is 6.58. The molecule has 0 unspecified atom stereocenters. The van der Waals surface area contributed by atoms with E-state index in [0.717, 1.165) is 18.6 Å². The molecule has 1 N–H and O–H groups in total. The van der Waals surface area contributed by atoms with Gasteiger partial charge in [0, 0.05) is 12.2 Å². The van der Waals surface area contributed by atoms with Crippen LogP contribution in [0.3, 0.4) is 0 Å². The predicted molar refractivity (Wildman–Crippen MR) is 91.2 cm³/mol. The minimum atomic E-state index is -0.935. The molecule has 5 heteroatoms. The number of rotatable bonds is 10. The minimum Gasteiger partial charge on any atom is -0.478 e. The van der Waals surface area contributed by atoms with Crippen molar-refractivity contribution in [3.05, 3.63) is 35.4 Å². The first kappa shape index (κ1) is 18.9. The summed E-state index contributed by atoms with van der Waals surface area (Å²) in [5.74, 6) is -0.935. The van der Waals surface area contributed by atoms with Gasteiger partial charge in [0.2, 0.25) is 0 Å². The molecule has 5 nitrogen and oxygen atoms in total. The van der Waals surface area contributed by atoms with Gasteiger partial charge in [0.25, 0.3) is 0 Å². The molecule has 0 aliphatic carbocycles. The van der Waals surface area contributed by atoms with Crippen LogP contribution in [0.5, 0.6) is 0 Å². The summed E-state index contributed by atoms with van der Waals surface area (Å²) in [6.07, 6.45) is 7.02. The summed E-state index contributed by atoms with van der Waals surface area (Å²) >= 11 is 0. The first-order chi connectivity index (χ1) is 11.7. The highest BCUT2D eigenvalue weighted by molar-refractivity contribution is 5.87. The molecule has 0 bridgehead atoms. The Morgan fingerprint density at radius 2 is 1.71 bits per heavy atom. The molecule has 0 amide bonds. The van der Waals surface area contributed by atoms with Gasteiger partial charge in [-0.1, -0.05) is 51.2 Å². The van der Waals surface area contributed by atoms with Crippen LogP contribution in [0.4, 0.5) is 0 Å². The molecular formula is C19H28O5. The van der Waals surface area contributed by atoms with Crippen molar-refractivity contribution in [3.63, 3.8) is 0 Å². The average Bonchev–Trinajstić information content (AvgIpc) is 2.61. The maximum absolute atomic E-state index is 10.9. The number of carbonyl (C=O) groups is 1. The molecule has 1 aromatic rings. The van der Waals surface area contributed by atoms with Crippen LogP contribution in [-0.4, -0.2) is 37.0 Å². The zero-order valence-corrected chi connectivity index (χ0v) is 14.4. The quantitative estimate of drug-likeness (QED) is 0.649. The predicted octanol–water partition coefficient (Wildman–Crippen LogP) is 4.18. The number of hydrogen-bond acceptors (Lipinski definition) is 4. The fourth-order valence-corrected chi connectivity index (χ4v) is 2.69. The molecule has 0 saturated carbocycles.